The summed E-state index contributed by atoms with van der Waals surface area (Å²) in [6.45, 7) is 6.01. The number of carbonyl (C=O) groups is 5. The lowest BCUT2D eigenvalue weighted by Crippen LogP contribution is -2.40. The predicted octanol–water partition coefficient (Wildman–Crippen LogP) is 3.09. The van der Waals surface area contributed by atoms with E-state index >= 15 is 0 Å². The van der Waals surface area contributed by atoms with Gasteiger partial charge in [-0.25, -0.2) is 0 Å². The molecule has 0 bridgehead atoms. The van der Waals surface area contributed by atoms with Crippen LogP contribution < -0.4 is 16.0 Å². The van der Waals surface area contributed by atoms with Crippen molar-refractivity contribution in [3.63, 3.8) is 0 Å². The van der Waals surface area contributed by atoms with Crippen LogP contribution >= 0.6 is 11.8 Å². The normalized spacial score (nSPS) is 11.4. The number of rotatable bonds is 18. The van der Waals surface area contributed by atoms with Gasteiger partial charge in [-0.3, -0.25) is 19.2 Å². The fraction of sp³-hybridized carbons (Fsp3) is 0.560. The largest absolute Gasteiger partial charge is 0.371 e. The van der Waals surface area contributed by atoms with Gasteiger partial charge in [-0.15, -0.1) is 11.8 Å². The fourth-order valence-electron chi connectivity index (χ4n) is 3.01. The van der Waals surface area contributed by atoms with Crippen LogP contribution in [0.5, 0.6) is 0 Å². The average Bonchev–Trinajstić information content (AvgIpc) is 2.81. The third-order valence-corrected chi connectivity index (χ3v) is 5.71. The van der Waals surface area contributed by atoms with E-state index in [1.54, 1.807) is 24.3 Å². The standard InChI is InChI=1S/C25H37N3O6S/c1-4-15-34-17-35-16-24(32)28-22(19(3)30)7-5-6-14-26-25(33)20-9-11-21(12-10-20)27-23(31)13-8-18(2)29/h9-12,22H,4-8,13-17H2,1-3H3,(H,26,33)(H,27,31)(H,28,32). The van der Waals surface area contributed by atoms with Crippen molar-refractivity contribution in [1.82, 2.24) is 10.6 Å². The van der Waals surface area contributed by atoms with Crippen LogP contribution in [0.2, 0.25) is 0 Å². The molecule has 0 aliphatic heterocycles. The van der Waals surface area contributed by atoms with Gasteiger partial charge in [0.05, 0.1) is 17.7 Å². The predicted molar refractivity (Wildman–Crippen MR) is 137 cm³/mol. The molecule has 0 saturated heterocycles. The third kappa shape index (κ3) is 14.3. The highest BCUT2D eigenvalue weighted by atomic mass is 32.2. The zero-order valence-corrected chi connectivity index (χ0v) is 21.6. The highest BCUT2D eigenvalue weighted by Gasteiger charge is 2.16. The Labute approximate surface area is 211 Å². The molecule has 1 aromatic rings. The van der Waals surface area contributed by atoms with Crippen LogP contribution in [0.4, 0.5) is 5.69 Å². The van der Waals surface area contributed by atoms with Gasteiger partial charge in [0.2, 0.25) is 11.8 Å². The smallest absolute Gasteiger partial charge is 0.251 e. The molecule has 1 unspecified atom stereocenters. The molecule has 9 nitrogen and oxygen atoms in total. The summed E-state index contributed by atoms with van der Waals surface area (Å²) in [5.41, 5.74) is 1.01. The summed E-state index contributed by atoms with van der Waals surface area (Å²) >= 11 is 1.37. The van der Waals surface area contributed by atoms with E-state index in [0.717, 1.165) is 6.42 Å². The lowest BCUT2D eigenvalue weighted by Gasteiger charge is -2.16. The minimum Gasteiger partial charge on any atom is -0.371 e. The number of nitrogens with one attached hydrogen (secondary N) is 3. The van der Waals surface area contributed by atoms with Gasteiger partial charge in [0.1, 0.15) is 5.78 Å². The number of ketones is 2. The van der Waals surface area contributed by atoms with Gasteiger partial charge in [0.15, 0.2) is 5.78 Å². The molecule has 0 radical (unpaired) electrons. The first-order valence-electron chi connectivity index (χ1n) is 11.9. The van der Waals surface area contributed by atoms with Gasteiger partial charge in [-0.05, 0) is 63.8 Å². The first-order valence-corrected chi connectivity index (χ1v) is 13.0. The van der Waals surface area contributed by atoms with Crippen molar-refractivity contribution in [3.05, 3.63) is 29.8 Å². The second-order valence-corrected chi connectivity index (χ2v) is 9.12. The summed E-state index contributed by atoms with van der Waals surface area (Å²) in [5, 5.41) is 8.28. The summed E-state index contributed by atoms with van der Waals surface area (Å²) < 4.78 is 5.32. The van der Waals surface area contributed by atoms with Gasteiger partial charge in [-0.2, -0.15) is 0 Å². The first-order chi connectivity index (χ1) is 16.7. The zero-order chi connectivity index (χ0) is 26.1. The number of benzene rings is 1. The van der Waals surface area contributed by atoms with Crippen LogP contribution in [0.1, 0.15) is 69.7 Å². The van der Waals surface area contributed by atoms with Gasteiger partial charge < -0.3 is 25.5 Å². The van der Waals surface area contributed by atoms with E-state index in [9.17, 15) is 24.0 Å². The van der Waals surface area contributed by atoms with E-state index in [4.69, 9.17) is 4.74 Å². The Balaban J connectivity index is 2.30. The van der Waals surface area contributed by atoms with Crippen molar-refractivity contribution in [2.45, 2.75) is 65.3 Å². The summed E-state index contributed by atoms with van der Waals surface area (Å²) in [7, 11) is 0. The van der Waals surface area contributed by atoms with Crippen LogP contribution in [-0.2, 0) is 23.9 Å². The minimum atomic E-state index is -0.534. The Morgan fingerprint density at radius 2 is 1.69 bits per heavy atom. The number of anilines is 1. The van der Waals surface area contributed by atoms with Crippen LogP contribution in [0.15, 0.2) is 24.3 Å². The Morgan fingerprint density at radius 1 is 0.971 bits per heavy atom. The lowest BCUT2D eigenvalue weighted by atomic mass is 10.1. The Kier molecular flexibility index (Phi) is 15.3. The second-order valence-electron chi connectivity index (χ2n) is 8.18. The summed E-state index contributed by atoms with van der Waals surface area (Å²) in [5.74, 6) is -0.133. The van der Waals surface area contributed by atoms with Crippen LogP contribution in [0.25, 0.3) is 0 Å². The van der Waals surface area contributed by atoms with Gasteiger partial charge in [-0.1, -0.05) is 6.92 Å². The van der Waals surface area contributed by atoms with Crippen molar-refractivity contribution in [1.29, 1.82) is 0 Å². The maximum Gasteiger partial charge on any atom is 0.251 e. The molecule has 3 amide bonds. The van der Waals surface area contributed by atoms with Crippen molar-refractivity contribution in [3.8, 4) is 0 Å². The van der Waals surface area contributed by atoms with Gasteiger partial charge >= 0.3 is 0 Å². The molecule has 0 aliphatic carbocycles. The number of hydrogen-bond donors (Lipinski definition) is 3. The second kappa shape index (κ2) is 17.7. The number of unbranched alkanes of at least 4 members (excludes halogenated alkanes) is 1. The third-order valence-electron chi connectivity index (χ3n) is 4.91. The molecule has 35 heavy (non-hydrogen) atoms. The Bertz CT molecular complexity index is 844. The molecule has 3 N–H and O–H groups in total. The number of Topliss-reactive ketones (excluding diaryl/α,β-unsaturated/α-hetero) is 2. The van der Waals surface area contributed by atoms with Crippen molar-refractivity contribution in [2.75, 3.05) is 30.2 Å². The zero-order valence-electron chi connectivity index (χ0n) is 20.8. The SMILES string of the molecule is CCCOCSCC(=O)NC(CCCCNC(=O)c1ccc(NC(=O)CCC(C)=O)cc1)C(C)=O. The van der Waals surface area contributed by atoms with Gasteiger partial charge in [0, 0.05) is 37.2 Å². The fourth-order valence-corrected chi connectivity index (χ4v) is 3.59. The van der Waals surface area contributed by atoms with E-state index in [-0.39, 0.29) is 47.9 Å². The summed E-state index contributed by atoms with van der Waals surface area (Å²) in [4.78, 5) is 58.9. The number of carbonyl (C=O) groups excluding carboxylic acids is 5. The number of hydrogen-bond acceptors (Lipinski definition) is 7. The van der Waals surface area contributed by atoms with E-state index in [1.165, 1.54) is 25.6 Å². The Hall–Kier alpha value is -2.72. The van der Waals surface area contributed by atoms with Crippen molar-refractivity contribution < 1.29 is 28.7 Å². The molecular formula is C25H37N3O6S. The monoisotopic (exact) mass is 507 g/mol. The molecule has 0 aliphatic rings. The van der Waals surface area contributed by atoms with Crippen LogP contribution in [-0.4, -0.2) is 60.2 Å². The molecule has 1 rings (SSSR count). The summed E-state index contributed by atoms with van der Waals surface area (Å²) in [6, 6.07) is 5.96. The number of amides is 3. The van der Waals surface area contributed by atoms with Crippen LogP contribution in [0, 0.1) is 0 Å². The summed E-state index contributed by atoms with van der Waals surface area (Å²) in [6.07, 6.45) is 3.08. The van der Waals surface area contributed by atoms with Crippen LogP contribution in [0.3, 0.4) is 0 Å². The average molecular weight is 508 g/mol. The molecule has 10 heteroatoms. The quantitative estimate of drug-likeness (QED) is 0.206. The molecule has 1 atom stereocenters. The van der Waals surface area contributed by atoms with Crippen molar-refractivity contribution in [2.24, 2.45) is 0 Å². The number of thioether (sulfide) groups is 1. The maximum atomic E-state index is 12.3. The molecule has 194 valence electrons. The highest BCUT2D eigenvalue weighted by molar-refractivity contribution is 7.99. The van der Waals surface area contributed by atoms with E-state index in [2.05, 4.69) is 16.0 Å². The minimum absolute atomic E-state index is 0.0449. The lowest BCUT2D eigenvalue weighted by molar-refractivity contribution is -0.125. The maximum absolute atomic E-state index is 12.3. The molecule has 0 saturated carbocycles. The number of ether oxygens (including phenoxy) is 1. The molecule has 0 aromatic heterocycles. The highest BCUT2D eigenvalue weighted by Crippen LogP contribution is 2.11. The van der Waals surface area contributed by atoms with E-state index in [0.29, 0.717) is 49.6 Å². The van der Waals surface area contributed by atoms with Crippen molar-refractivity contribution >= 4 is 46.7 Å². The van der Waals surface area contributed by atoms with Gasteiger partial charge in [0.25, 0.3) is 5.91 Å². The molecule has 0 fully saturated rings. The molecule has 0 heterocycles. The first kappa shape index (κ1) is 30.3. The Morgan fingerprint density at radius 3 is 2.31 bits per heavy atom. The molecule has 1 aromatic carbocycles. The topological polar surface area (TPSA) is 131 Å². The molecule has 0 spiro atoms. The van der Waals surface area contributed by atoms with E-state index < -0.39 is 6.04 Å². The van der Waals surface area contributed by atoms with E-state index in [1.807, 2.05) is 6.92 Å². The molecular weight excluding hydrogens is 470 g/mol.